The van der Waals surface area contributed by atoms with Crippen LogP contribution in [-0.4, -0.2) is 31.1 Å². The van der Waals surface area contributed by atoms with Gasteiger partial charge in [0.2, 0.25) is 0 Å². The van der Waals surface area contributed by atoms with E-state index in [9.17, 15) is 0 Å². The van der Waals surface area contributed by atoms with Crippen molar-refractivity contribution in [2.45, 2.75) is 38.0 Å². The Balaban J connectivity index is 1.47. The maximum Gasteiger partial charge on any atom is 0.187 e. The molecule has 1 fully saturated rings. The summed E-state index contributed by atoms with van der Waals surface area (Å²) in [7, 11) is 0. The van der Waals surface area contributed by atoms with Crippen molar-refractivity contribution < 1.29 is 9.47 Å². The standard InChI is InChI=1S/C25H30BrN3O2S/c1-2-14-27-25(32)29-28-18-21-17-22(26)10-13-24(21)31-16-15-30-23-11-8-20(9-12-23)19-6-4-3-5-7-19/h2,8-13,17-19H,1,3-7,14-16H2,(H2,27,29,32)/b28-18-. The second-order valence-electron chi connectivity index (χ2n) is 7.65. The fraction of sp³-hybridized carbons (Fsp3) is 0.360. The third-order valence-corrected chi connectivity index (χ3v) is 6.04. The number of ether oxygens (including phenoxy) is 2. The lowest BCUT2D eigenvalue weighted by Crippen LogP contribution is -2.31. The highest BCUT2D eigenvalue weighted by Crippen LogP contribution is 2.33. The van der Waals surface area contributed by atoms with Crippen molar-refractivity contribution in [3.05, 3.63) is 70.7 Å². The SMILES string of the molecule is C=CCNC(=S)N/N=C\c1cc(Br)ccc1OCCOc1ccc(C2CCCCC2)cc1. The summed E-state index contributed by atoms with van der Waals surface area (Å²) < 4.78 is 12.7. The van der Waals surface area contributed by atoms with Gasteiger partial charge in [-0.25, -0.2) is 0 Å². The second kappa shape index (κ2) is 13.2. The third-order valence-electron chi connectivity index (χ3n) is 5.31. The molecule has 7 heteroatoms. The molecule has 0 aliphatic heterocycles. The fourth-order valence-electron chi connectivity index (χ4n) is 3.70. The van der Waals surface area contributed by atoms with E-state index in [-0.39, 0.29) is 0 Å². The summed E-state index contributed by atoms with van der Waals surface area (Å²) in [5, 5.41) is 7.56. The molecule has 0 amide bonds. The van der Waals surface area contributed by atoms with Gasteiger partial charge in [0.1, 0.15) is 24.7 Å². The number of thiocarbonyl (C=S) groups is 1. The Morgan fingerprint density at radius 1 is 1.09 bits per heavy atom. The lowest BCUT2D eigenvalue weighted by Gasteiger charge is -2.22. The summed E-state index contributed by atoms with van der Waals surface area (Å²) in [6.07, 6.45) is 10.1. The monoisotopic (exact) mass is 515 g/mol. The summed E-state index contributed by atoms with van der Waals surface area (Å²) in [5.74, 6) is 2.30. The average Bonchev–Trinajstić information content (AvgIpc) is 2.82. The van der Waals surface area contributed by atoms with Crippen LogP contribution in [0.3, 0.4) is 0 Å². The molecule has 1 aliphatic rings. The van der Waals surface area contributed by atoms with Crippen molar-refractivity contribution in [3.8, 4) is 11.5 Å². The number of hydrogen-bond acceptors (Lipinski definition) is 4. The molecule has 0 saturated heterocycles. The zero-order valence-electron chi connectivity index (χ0n) is 18.2. The first-order valence-electron chi connectivity index (χ1n) is 11.0. The van der Waals surface area contributed by atoms with Gasteiger partial charge in [-0.15, -0.1) is 6.58 Å². The first kappa shape index (κ1) is 24.3. The Bertz CT molecular complexity index is 912. The Morgan fingerprint density at radius 2 is 1.84 bits per heavy atom. The molecule has 0 aromatic heterocycles. The predicted molar refractivity (Wildman–Crippen MR) is 139 cm³/mol. The summed E-state index contributed by atoms with van der Waals surface area (Å²) in [5.41, 5.74) is 5.04. The predicted octanol–water partition coefficient (Wildman–Crippen LogP) is 5.94. The van der Waals surface area contributed by atoms with Gasteiger partial charge in [0.15, 0.2) is 5.11 Å². The molecule has 0 spiro atoms. The molecule has 0 bridgehead atoms. The second-order valence-corrected chi connectivity index (χ2v) is 8.98. The number of halogens is 1. The molecule has 1 aliphatic carbocycles. The highest BCUT2D eigenvalue weighted by Gasteiger charge is 2.15. The number of nitrogens with zero attached hydrogens (tertiary/aromatic N) is 1. The van der Waals surface area contributed by atoms with Crippen LogP contribution in [0, 0.1) is 0 Å². The van der Waals surface area contributed by atoms with E-state index in [0.717, 1.165) is 21.5 Å². The Hall–Kier alpha value is -2.38. The van der Waals surface area contributed by atoms with Crippen LogP contribution < -0.4 is 20.2 Å². The fourth-order valence-corrected chi connectivity index (χ4v) is 4.21. The van der Waals surface area contributed by atoms with Gasteiger partial charge in [-0.2, -0.15) is 5.10 Å². The quantitative estimate of drug-likeness (QED) is 0.135. The summed E-state index contributed by atoms with van der Waals surface area (Å²) in [6.45, 7) is 5.11. The summed E-state index contributed by atoms with van der Waals surface area (Å²) in [6, 6.07) is 14.3. The molecule has 0 unspecified atom stereocenters. The number of rotatable bonds is 10. The van der Waals surface area contributed by atoms with E-state index < -0.39 is 0 Å². The molecule has 0 heterocycles. The highest BCUT2D eigenvalue weighted by molar-refractivity contribution is 9.10. The smallest absolute Gasteiger partial charge is 0.187 e. The number of hydrazone groups is 1. The van der Waals surface area contributed by atoms with Gasteiger partial charge in [0.25, 0.3) is 0 Å². The lowest BCUT2D eigenvalue weighted by molar-refractivity contribution is 0.217. The first-order chi connectivity index (χ1) is 15.7. The van der Waals surface area contributed by atoms with Gasteiger partial charge in [0.05, 0.1) is 6.21 Å². The first-order valence-corrected chi connectivity index (χ1v) is 12.2. The number of nitrogens with one attached hydrogen (secondary N) is 2. The van der Waals surface area contributed by atoms with Gasteiger partial charge >= 0.3 is 0 Å². The van der Waals surface area contributed by atoms with Crippen LogP contribution in [0.15, 0.2) is 64.7 Å². The van der Waals surface area contributed by atoms with Crippen LogP contribution in [0.5, 0.6) is 11.5 Å². The number of hydrogen-bond donors (Lipinski definition) is 2. The Morgan fingerprint density at radius 3 is 2.59 bits per heavy atom. The van der Waals surface area contributed by atoms with Gasteiger partial charge in [0, 0.05) is 16.6 Å². The Labute approximate surface area is 204 Å². The van der Waals surface area contributed by atoms with Gasteiger partial charge < -0.3 is 14.8 Å². The minimum Gasteiger partial charge on any atom is -0.490 e. The van der Waals surface area contributed by atoms with Crippen LogP contribution in [0.2, 0.25) is 0 Å². The topological polar surface area (TPSA) is 54.9 Å². The van der Waals surface area contributed by atoms with Crippen LogP contribution in [-0.2, 0) is 0 Å². The maximum absolute atomic E-state index is 5.93. The van der Waals surface area contributed by atoms with Crippen molar-refractivity contribution in [2.24, 2.45) is 5.10 Å². The van der Waals surface area contributed by atoms with Crippen LogP contribution in [0.4, 0.5) is 0 Å². The molecule has 5 nitrogen and oxygen atoms in total. The van der Waals surface area contributed by atoms with Crippen LogP contribution in [0.1, 0.15) is 49.1 Å². The van der Waals surface area contributed by atoms with E-state index in [1.165, 1.54) is 37.7 Å². The largest absolute Gasteiger partial charge is 0.490 e. The van der Waals surface area contributed by atoms with Crippen LogP contribution >= 0.6 is 28.1 Å². The Kier molecular flexibility index (Phi) is 10.0. The van der Waals surface area contributed by atoms with Gasteiger partial charge in [-0.1, -0.05) is 53.4 Å². The van der Waals surface area contributed by atoms with Crippen molar-refractivity contribution in [1.82, 2.24) is 10.7 Å². The van der Waals surface area contributed by atoms with Gasteiger partial charge in [-0.3, -0.25) is 5.43 Å². The average molecular weight is 517 g/mol. The molecule has 170 valence electrons. The minimum atomic E-state index is 0.430. The number of benzene rings is 2. The molecule has 32 heavy (non-hydrogen) atoms. The summed E-state index contributed by atoms with van der Waals surface area (Å²) >= 11 is 8.62. The van der Waals surface area contributed by atoms with E-state index in [0.29, 0.717) is 30.8 Å². The van der Waals surface area contributed by atoms with Crippen molar-refractivity contribution in [2.75, 3.05) is 19.8 Å². The van der Waals surface area contributed by atoms with E-state index in [4.69, 9.17) is 21.7 Å². The molecule has 2 aromatic carbocycles. The maximum atomic E-state index is 5.93. The highest BCUT2D eigenvalue weighted by atomic mass is 79.9. The van der Waals surface area contributed by atoms with Crippen molar-refractivity contribution in [3.63, 3.8) is 0 Å². The molecule has 0 atom stereocenters. The molecule has 1 saturated carbocycles. The summed E-state index contributed by atoms with van der Waals surface area (Å²) in [4.78, 5) is 0. The molecule has 0 radical (unpaired) electrons. The molecule has 2 aromatic rings. The zero-order chi connectivity index (χ0) is 22.6. The van der Waals surface area contributed by atoms with E-state index in [1.807, 2.05) is 18.2 Å². The van der Waals surface area contributed by atoms with Crippen molar-refractivity contribution in [1.29, 1.82) is 0 Å². The lowest BCUT2D eigenvalue weighted by atomic mass is 9.84. The molecule has 3 rings (SSSR count). The van der Waals surface area contributed by atoms with E-state index >= 15 is 0 Å². The molecular formula is C25H30BrN3O2S. The van der Waals surface area contributed by atoms with Crippen LogP contribution in [0.25, 0.3) is 0 Å². The molecular weight excluding hydrogens is 486 g/mol. The van der Waals surface area contributed by atoms with E-state index in [1.54, 1.807) is 12.3 Å². The zero-order valence-corrected chi connectivity index (χ0v) is 20.6. The minimum absolute atomic E-state index is 0.430. The normalized spacial score (nSPS) is 14.2. The van der Waals surface area contributed by atoms with Gasteiger partial charge in [-0.05, 0) is 66.9 Å². The third kappa shape index (κ3) is 7.95. The molecule has 2 N–H and O–H groups in total. The van der Waals surface area contributed by atoms with Crippen molar-refractivity contribution >= 4 is 39.5 Å². The van der Waals surface area contributed by atoms with E-state index in [2.05, 4.69) is 62.6 Å².